The summed E-state index contributed by atoms with van der Waals surface area (Å²) in [4.78, 5) is 22.7. The van der Waals surface area contributed by atoms with E-state index in [-0.39, 0.29) is 17.1 Å². The number of rotatable bonds is 4. The number of benzene rings is 2. The normalized spacial score (nSPS) is 11.2. The predicted octanol–water partition coefficient (Wildman–Crippen LogP) is 5.39. The van der Waals surface area contributed by atoms with Crippen LogP contribution in [-0.2, 0) is 10.2 Å². The van der Waals surface area contributed by atoms with Gasteiger partial charge in [-0.1, -0.05) is 20.8 Å². The molecule has 6 heteroatoms. The Balaban J connectivity index is 1.87. The summed E-state index contributed by atoms with van der Waals surface area (Å²) in [5.74, 6) is 1.80. The quantitative estimate of drug-likeness (QED) is 0.610. The number of anilines is 2. The van der Waals surface area contributed by atoms with E-state index in [4.69, 9.17) is 4.74 Å². The molecule has 3 rings (SSSR count). The van der Waals surface area contributed by atoms with Gasteiger partial charge in [0.25, 0.3) is 0 Å². The molecule has 0 bridgehead atoms. The molecule has 1 heterocycles. The van der Waals surface area contributed by atoms with E-state index in [9.17, 15) is 9.18 Å². The van der Waals surface area contributed by atoms with Crippen molar-refractivity contribution in [2.45, 2.75) is 33.1 Å². The van der Waals surface area contributed by atoms with E-state index >= 15 is 0 Å². The molecule has 0 unspecified atom stereocenters. The maximum atomic E-state index is 13.0. The molecule has 0 saturated carbocycles. The number of nitrogens with zero attached hydrogens (tertiary/aromatic N) is 3. The summed E-state index contributed by atoms with van der Waals surface area (Å²) < 4.78 is 18.7. The van der Waals surface area contributed by atoms with Gasteiger partial charge in [-0.2, -0.15) is 0 Å². The molecule has 0 saturated heterocycles. The number of halogens is 1. The summed E-state index contributed by atoms with van der Waals surface area (Å²) in [5, 5.41) is 0. The van der Waals surface area contributed by atoms with Gasteiger partial charge in [-0.3, -0.25) is 9.69 Å². The predicted molar refractivity (Wildman–Crippen MR) is 106 cm³/mol. The summed E-state index contributed by atoms with van der Waals surface area (Å²) in [6.07, 6.45) is 1.66. The lowest BCUT2D eigenvalue weighted by atomic mass is 9.96. The maximum absolute atomic E-state index is 13.0. The zero-order valence-corrected chi connectivity index (χ0v) is 16.3. The second-order valence-corrected chi connectivity index (χ2v) is 7.39. The number of hydrogen-bond acceptors (Lipinski definition) is 4. The fourth-order valence-corrected chi connectivity index (χ4v) is 2.61. The van der Waals surface area contributed by atoms with Crippen molar-refractivity contribution in [1.82, 2.24) is 9.97 Å². The van der Waals surface area contributed by atoms with Crippen molar-refractivity contribution >= 4 is 17.4 Å². The van der Waals surface area contributed by atoms with Gasteiger partial charge in [-0.05, 0) is 54.6 Å². The molecule has 2 aromatic carbocycles. The topological polar surface area (TPSA) is 55.3 Å². The maximum Gasteiger partial charge on any atom is 0.229 e. The fraction of sp³-hybridized carbons (Fsp3) is 0.227. The van der Waals surface area contributed by atoms with Crippen LogP contribution in [-0.4, -0.2) is 15.9 Å². The van der Waals surface area contributed by atoms with Crippen LogP contribution in [0.15, 0.2) is 60.8 Å². The third-order valence-electron chi connectivity index (χ3n) is 4.00. The van der Waals surface area contributed by atoms with Gasteiger partial charge in [0.05, 0.1) is 5.69 Å². The molecule has 0 spiro atoms. The number of carbonyl (C=O) groups is 1. The van der Waals surface area contributed by atoms with Gasteiger partial charge in [0.1, 0.15) is 29.0 Å². The Morgan fingerprint density at radius 2 is 1.54 bits per heavy atom. The van der Waals surface area contributed by atoms with Gasteiger partial charge < -0.3 is 4.74 Å². The van der Waals surface area contributed by atoms with Crippen molar-refractivity contribution in [2.75, 3.05) is 4.90 Å². The molecule has 0 aliphatic heterocycles. The zero-order valence-electron chi connectivity index (χ0n) is 16.3. The highest BCUT2D eigenvalue weighted by Gasteiger charge is 2.21. The number of carbonyl (C=O) groups excluding carboxylic acids is 1. The van der Waals surface area contributed by atoms with Crippen LogP contribution in [0.4, 0.5) is 15.9 Å². The Kier molecular flexibility index (Phi) is 5.40. The largest absolute Gasteiger partial charge is 0.457 e. The SMILES string of the molecule is CC(=O)N(c1ccc(Oc2ccc(F)cc2)cc1)c1ccnc(C(C)(C)C)n1. The third-order valence-corrected chi connectivity index (χ3v) is 4.00. The molecule has 28 heavy (non-hydrogen) atoms. The van der Waals surface area contributed by atoms with Crippen LogP contribution in [0.2, 0.25) is 0 Å². The Hall–Kier alpha value is -3.28. The molecule has 0 fully saturated rings. The van der Waals surface area contributed by atoms with Crippen LogP contribution in [0, 0.1) is 5.82 Å². The van der Waals surface area contributed by atoms with Gasteiger partial charge in [-0.15, -0.1) is 0 Å². The number of aromatic nitrogens is 2. The van der Waals surface area contributed by atoms with Gasteiger partial charge in [-0.25, -0.2) is 14.4 Å². The molecule has 1 amide bonds. The first kappa shape index (κ1) is 19.5. The summed E-state index contributed by atoms with van der Waals surface area (Å²) in [5.41, 5.74) is 0.434. The van der Waals surface area contributed by atoms with Crippen LogP contribution < -0.4 is 9.64 Å². The average molecular weight is 379 g/mol. The Morgan fingerprint density at radius 1 is 0.964 bits per heavy atom. The lowest BCUT2D eigenvalue weighted by Gasteiger charge is -2.23. The highest BCUT2D eigenvalue weighted by atomic mass is 19.1. The molecule has 0 atom stereocenters. The van der Waals surface area contributed by atoms with Crippen LogP contribution in [0.25, 0.3) is 0 Å². The molecular formula is C22H22FN3O2. The lowest BCUT2D eigenvalue weighted by Crippen LogP contribution is -2.25. The van der Waals surface area contributed by atoms with Gasteiger partial charge in [0.15, 0.2) is 0 Å². The highest BCUT2D eigenvalue weighted by Crippen LogP contribution is 2.29. The van der Waals surface area contributed by atoms with E-state index in [1.165, 1.54) is 24.0 Å². The Labute approximate surface area is 163 Å². The van der Waals surface area contributed by atoms with E-state index in [1.807, 2.05) is 20.8 Å². The van der Waals surface area contributed by atoms with Crippen molar-refractivity contribution < 1.29 is 13.9 Å². The first-order valence-electron chi connectivity index (χ1n) is 8.92. The first-order chi connectivity index (χ1) is 13.2. The molecule has 0 aliphatic rings. The van der Waals surface area contributed by atoms with Crippen LogP contribution in [0.3, 0.4) is 0 Å². The van der Waals surface area contributed by atoms with Gasteiger partial charge in [0.2, 0.25) is 5.91 Å². The first-order valence-corrected chi connectivity index (χ1v) is 8.92. The second-order valence-electron chi connectivity index (χ2n) is 7.39. The van der Waals surface area contributed by atoms with Crippen molar-refractivity contribution in [3.05, 3.63) is 72.4 Å². The molecule has 1 aromatic heterocycles. The standard InChI is InChI=1S/C22H22FN3O2/c1-15(27)26(20-13-14-24-21(25-20)22(2,3)4)17-7-11-19(12-8-17)28-18-9-5-16(23)6-10-18/h5-14H,1-4H3. The minimum Gasteiger partial charge on any atom is -0.457 e. The Bertz CT molecular complexity index is 964. The third kappa shape index (κ3) is 4.52. The van der Waals surface area contributed by atoms with Crippen molar-refractivity contribution in [2.24, 2.45) is 0 Å². The van der Waals surface area contributed by atoms with E-state index in [1.54, 1.807) is 48.7 Å². The van der Waals surface area contributed by atoms with Gasteiger partial charge >= 0.3 is 0 Å². The Morgan fingerprint density at radius 3 is 2.07 bits per heavy atom. The smallest absolute Gasteiger partial charge is 0.229 e. The van der Waals surface area contributed by atoms with Crippen LogP contribution >= 0.6 is 0 Å². The molecule has 5 nitrogen and oxygen atoms in total. The fourth-order valence-electron chi connectivity index (χ4n) is 2.61. The monoisotopic (exact) mass is 379 g/mol. The molecular weight excluding hydrogens is 357 g/mol. The van der Waals surface area contributed by atoms with Crippen molar-refractivity contribution in [3.8, 4) is 11.5 Å². The van der Waals surface area contributed by atoms with E-state index in [0.717, 1.165) is 0 Å². The number of amides is 1. The lowest BCUT2D eigenvalue weighted by molar-refractivity contribution is -0.115. The molecule has 3 aromatic rings. The van der Waals surface area contributed by atoms with Gasteiger partial charge in [0, 0.05) is 18.5 Å². The van der Waals surface area contributed by atoms with E-state index < -0.39 is 0 Å². The van der Waals surface area contributed by atoms with Crippen molar-refractivity contribution in [1.29, 1.82) is 0 Å². The van der Waals surface area contributed by atoms with Crippen LogP contribution in [0.5, 0.6) is 11.5 Å². The molecule has 0 radical (unpaired) electrons. The summed E-state index contributed by atoms with van der Waals surface area (Å²) in [6.45, 7) is 7.55. The zero-order chi connectivity index (χ0) is 20.3. The number of hydrogen-bond donors (Lipinski definition) is 0. The molecule has 144 valence electrons. The molecule has 0 N–H and O–H groups in total. The minimum atomic E-state index is -0.320. The number of ether oxygens (including phenoxy) is 1. The van der Waals surface area contributed by atoms with Crippen LogP contribution in [0.1, 0.15) is 33.5 Å². The van der Waals surface area contributed by atoms with E-state index in [0.29, 0.717) is 28.8 Å². The average Bonchev–Trinajstić information content (AvgIpc) is 2.64. The summed E-state index contributed by atoms with van der Waals surface area (Å²) in [6, 6.07) is 14.5. The van der Waals surface area contributed by atoms with Crippen molar-refractivity contribution in [3.63, 3.8) is 0 Å². The highest BCUT2D eigenvalue weighted by molar-refractivity contribution is 5.98. The summed E-state index contributed by atoms with van der Waals surface area (Å²) in [7, 11) is 0. The second kappa shape index (κ2) is 7.76. The minimum absolute atomic E-state index is 0.161. The van der Waals surface area contributed by atoms with E-state index in [2.05, 4.69) is 9.97 Å². The molecule has 0 aliphatic carbocycles. The summed E-state index contributed by atoms with van der Waals surface area (Å²) >= 11 is 0.